The fraction of sp³-hybridized carbons (Fsp3) is 0.357. The number of hydrogen-bond acceptors (Lipinski definition) is 6. The quantitative estimate of drug-likeness (QED) is 0.808. The third kappa shape index (κ3) is 4.20. The molecule has 2 heterocycles. The normalized spacial score (nSPS) is 10.4. The van der Waals surface area contributed by atoms with Crippen LogP contribution in [-0.4, -0.2) is 27.7 Å². The molecule has 2 aromatic rings. The Labute approximate surface area is 122 Å². The van der Waals surface area contributed by atoms with Gasteiger partial charge in [-0.1, -0.05) is 6.92 Å². The van der Waals surface area contributed by atoms with Gasteiger partial charge in [0.1, 0.15) is 5.76 Å². The number of rotatable bonds is 7. The van der Waals surface area contributed by atoms with E-state index in [1.54, 1.807) is 12.1 Å². The van der Waals surface area contributed by atoms with E-state index >= 15 is 0 Å². The lowest BCUT2D eigenvalue weighted by atomic mass is 10.4. The molecule has 0 spiro atoms. The Morgan fingerprint density at radius 1 is 1.43 bits per heavy atom. The predicted octanol–water partition coefficient (Wildman–Crippen LogP) is 2.48. The summed E-state index contributed by atoms with van der Waals surface area (Å²) in [6.07, 6.45) is 0.899. The van der Waals surface area contributed by atoms with Crippen molar-refractivity contribution in [3.63, 3.8) is 0 Å². The minimum absolute atomic E-state index is 0.0936. The number of aromatic nitrogens is 2. The molecule has 7 heteroatoms. The second-order valence-corrected chi connectivity index (χ2v) is 4.44. The van der Waals surface area contributed by atoms with Crippen molar-refractivity contribution in [2.45, 2.75) is 26.8 Å². The number of furan rings is 1. The molecular formula is C14H17N3O4. The van der Waals surface area contributed by atoms with E-state index in [-0.39, 0.29) is 5.76 Å². The van der Waals surface area contributed by atoms with Crippen LogP contribution in [0.5, 0.6) is 5.88 Å². The first-order valence-corrected chi connectivity index (χ1v) is 6.63. The topological polar surface area (TPSA) is 97.5 Å². The maximum atomic E-state index is 10.7. The Hall–Kier alpha value is -2.57. The molecule has 0 aromatic carbocycles. The Morgan fingerprint density at radius 3 is 2.90 bits per heavy atom. The minimum atomic E-state index is -1.09. The van der Waals surface area contributed by atoms with Crippen molar-refractivity contribution < 1.29 is 19.1 Å². The van der Waals surface area contributed by atoms with Gasteiger partial charge in [0.2, 0.25) is 17.6 Å². The Bertz CT molecular complexity index is 624. The number of aromatic carboxylic acids is 1. The third-order valence-electron chi connectivity index (χ3n) is 2.58. The summed E-state index contributed by atoms with van der Waals surface area (Å²) in [5.41, 5.74) is 0.782. The highest BCUT2D eigenvalue weighted by atomic mass is 16.5. The van der Waals surface area contributed by atoms with Crippen LogP contribution >= 0.6 is 0 Å². The van der Waals surface area contributed by atoms with E-state index in [2.05, 4.69) is 15.3 Å². The molecule has 0 radical (unpaired) electrons. The van der Waals surface area contributed by atoms with Crippen molar-refractivity contribution in [1.29, 1.82) is 0 Å². The standard InChI is InChI=1S/C14H17N3O4/c1-3-6-20-12-7-9(2)16-14(17-12)15-8-10-4-5-11(21-10)13(18)19/h4-5,7H,3,6,8H2,1-2H3,(H,18,19)(H,15,16,17). The lowest BCUT2D eigenvalue weighted by Crippen LogP contribution is -2.06. The van der Waals surface area contributed by atoms with Gasteiger partial charge in [0, 0.05) is 11.8 Å². The number of carboxylic acid groups (broad SMARTS) is 1. The number of carboxylic acids is 1. The largest absolute Gasteiger partial charge is 0.478 e. The molecule has 0 bridgehead atoms. The SMILES string of the molecule is CCCOc1cc(C)nc(NCc2ccc(C(=O)O)o2)n1. The lowest BCUT2D eigenvalue weighted by Gasteiger charge is -2.08. The van der Waals surface area contributed by atoms with Gasteiger partial charge in [0.05, 0.1) is 13.2 Å². The van der Waals surface area contributed by atoms with Crippen LogP contribution in [0.3, 0.4) is 0 Å². The summed E-state index contributed by atoms with van der Waals surface area (Å²) in [5, 5.41) is 11.8. The monoisotopic (exact) mass is 291 g/mol. The maximum absolute atomic E-state index is 10.7. The molecule has 0 amide bonds. The van der Waals surface area contributed by atoms with Gasteiger partial charge in [-0.2, -0.15) is 4.98 Å². The highest BCUT2D eigenvalue weighted by Crippen LogP contribution is 2.14. The molecule has 0 unspecified atom stereocenters. The lowest BCUT2D eigenvalue weighted by molar-refractivity contribution is 0.0660. The highest BCUT2D eigenvalue weighted by molar-refractivity contribution is 5.84. The summed E-state index contributed by atoms with van der Waals surface area (Å²) in [5.74, 6) is 0.229. The molecule has 2 N–H and O–H groups in total. The Morgan fingerprint density at radius 2 is 2.24 bits per heavy atom. The molecule has 0 aliphatic rings. The van der Waals surface area contributed by atoms with E-state index in [0.29, 0.717) is 30.7 Å². The van der Waals surface area contributed by atoms with Gasteiger partial charge >= 0.3 is 5.97 Å². The third-order valence-corrected chi connectivity index (χ3v) is 2.58. The fourth-order valence-corrected chi connectivity index (χ4v) is 1.65. The van der Waals surface area contributed by atoms with Crippen LogP contribution in [-0.2, 0) is 6.54 Å². The van der Waals surface area contributed by atoms with Crippen molar-refractivity contribution in [2.75, 3.05) is 11.9 Å². The smallest absolute Gasteiger partial charge is 0.371 e. The summed E-state index contributed by atoms with van der Waals surface area (Å²) in [4.78, 5) is 19.2. The van der Waals surface area contributed by atoms with Crippen LogP contribution in [0.4, 0.5) is 5.95 Å². The van der Waals surface area contributed by atoms with Crippen LogP contribution in [0, 0.1) is 6.92 Å². The van der Waals surface area contributed by atoms with Gasteiger partial charge in [0.25, 0.3) is 0 Å². The second kappa shape index (κ2) is 6.74. The Kier molecular flexibility index (Phi) is 4.76. The number of ether oxygens (including phenoxy) is 1. The first-order valence-electron chi connectivity index (χ1n) is 6.63. The van der Waals surface area contributed by atoms with E-state index in [4.69, 9.17) is 14.3 Å². The zero-order valence-electron chi connectivity index (χ0n) is 11.9. The molecule has 0 atom stereocenters. The molecule has 0 saturated heterocycles. The van der Waals surface area contributed by atoms with E-state index in [1.165, 1.54) is 6.07 Å². The van der Waals surface area contributed by atoms with Crippen LogP contribution in [0.2, 0.25) is 0 Å². The molecule has 21 heavy (non-hydrogen) atoms. The minimum Gasteiger partial charge on any atom is -0.478 e. The van der Waals surface area contributed by atoms with E-state index in [9.17, 15) is 4.79 Å². The molecule has 0 fully saturated rings. The molecule has 0 aliphatic carbocycles. The summed E-state index contributed by atoms with van der Waals surface area (Å²) in [6, 6.07) is 4.77. The van der Waals surface area contributed by atoms with Crippen molar-refractivity contribution in [3.05, 3.63) is 35.4 Å². The van der Waals surface area contributed by atoms with E-state index < -0.39 is 5.97 Å². The van der Waals surface area contributed by atoms with E-state index in [0.717, 1.165) is 12.1 Å². The second-order valence-electron chi connectivity index (χ2n) is 4.44. The summed E-state index contributed by atoms with van der Waals surface area (Å²) >= 11 is 0. The molecule has 112 valence electrons. The summed E-state index contributed by atoms with van der Waals surface area (Å²) in [7, 11) is 0. The molecule has 7 nitrogen and oxygen atoms in total. The molecule has 0 saturated carbocycles. The maximum Gasteiger partial charge on any atom is 0.371 e. The van der Waals surface area contributed by atoms with Gasteiger partial charge in [-0.25, -0.2) is 9.78 Å². The predicted molar refractivity (Wildman–Crippen MR) is 75.5 cm³/mol. The average Bonchev–Trinajstić information content (AvgIpc) is 2.91. The zero-order valence-corrected chi connectivity index (χ0v) is 11.9. The van der Waals surface area contributed by atoms with Crippen molar-refractivity contribution in [1.82, 2.24) is 9.97 Å². The molecule has 2 aromatic heterocycles. The first kappa shape index (κ1) is 14.8. The van der Waals surface area contributed by atoms with E-state index in [1.807, 2.05) is 13.8 Å². The molecular weight excluding hydrogens is 274 g/mol. The first-order chi connectivity index (χ1) is 10.1. The van der Waals surface area contributed by atoms with Gasteiger partial charge < -0.3 is 19.6 Å². The average molecular weight is 291 g/mol. The van der Waals surface area contributed by atoms with Gasteiger partial charge in [-0.3, -0.25) is 0 Å². The number of anilines is 1. The van der Waals surface area contributed by atoms with Crippen molar-refractivity contribution in [2.24, 2.45) is 0 Å². The van der Waals surface area contributed by atoms with Gasteiger partial charge in [-0.05, 0) is 25.5 Å². The molecule has 0 aliphatic heterocycles. The van der Waals surface area contributed by atoms with Crippen molar-refractivity contribution >= 4 is 11.9 Å². The number of aryl methyl sites for hydroxylation is 1. The summed E-state index contributed by atoms with van der Waals surface area (Å²) in [6.45, 7) is 4.76. The molecule has 2 rings (SSSR count). The van der Waals surface area contributed by atoms with Crippen LogP contribution in [0.15, 0.2) is 22.6 Å². The summed E-state index contributed by atoms with van der Waals surface area (Å²) < 4.78 is 10.6. The van der Waals surface area contributed by atoms with Crippen LogP contribution < -0.4 is 10.1 Å². The van der Waals surface area contributed by atoms with Crippen LogP contribution in [0.25, 0.3) is 0 Å². The fourth-order valence-electron chi connectivity index (χ4n) is 1.65. The number of carbonyl (C=O) groups is 1. The highest BCUT2D eigenvalue weighted by Gasteiger charge is 2.09. The van der Waals surface area contributed by atoms with Crippen molar-refractivity contribution in [3.8, 4) is 5.88 Å². The number of nitrogens with one attached hydrogen (secondary N) is 1. The van der Waals surface area contributed by atoms with Gasteiger partial charge in [0.15, 0.2) is 0 Å². The number of hydrogen-bond donors (Lipinski definition) is 2. The zero-order chi connectivity index (χ0) is 15.2. The van der Waals surface area contributed by atoms with Gasteiger partial charge in [-0.15, -0.1) is 0 Å². The Balaban J connectivity index is 2.01. The number of nitrogens with zero attached hydrogens (tertiary/aromatic N) is 2. The van der Waals surface area contributed by atoms with Crippen LogP contribution in [0.1, 0.15) is 35.4 Å².